The number of halogens is 2. The highest BCUT2D eigenvalue weighted by Gasteiger charge is 2.40. The molecule has 1 amide bonds. The number of para-hydroxylation sites is 2. The first-order chi connectivity index (χ1) is 15.7. The smallest absolute Gasteiger partial charge is 0.348 e. The van der Waals surface area contributed by atoms with Crippen LogP contribution in [0.15, 0.2) is 47.4 Å². The van der Waals surface area contributed by atoms with Crippen molar-refractivity contribution in [3.8, 4) is 5.75 Å². The molecule has 2 aromatic rings. The highest BCUT2D eigenvalue weighted by atomic mass is 35.5. The Morgan fingerprint density at radius 2 is 1.88 bits per heavy atom. The summed E-state index contributed by atoms with van der Waals surface area (Å²) in [6.07, 6.45) is 0.0408. The van der Waals surface area contributed by atoms with Crippen LogP contribution in [-0.4, -0.2) is 57.4 Å². The predicted octanol–water partition coefficient (Wildman–Crippen LogP) is 3.36. The van der Waals surface area contributed by atoms with Crippen LogP contribution in [-0.2, 0) is 24.3 Å². The molecule has 0 saturated carbocycles. The second-order valence-corrected chi connectivity index (χ2v) is 10.6. The fourth-order valence-electron chi connectivity index (χ4n) is 4.09. The largest absolute Gasteiger partial charge is 0.475 e. The van der Waals surface area contributed by atoms with Gasteiger partial charge in [-0.15, -0.1) is 0 Å². The van der Waals surface area contributed by atoms with Crippen molar-refractivity contribution in [1.82, 2.24) is 4.31 Å². The van der Waals surface area contributed by atoms with Crippen LogP contribution in [0.4, 0.5) is 5.69 Å². The van der Waals surface area contributed by atoms with E-state index >= 15 is 0 Å². The highest BCUT2D eigenvalue weighted by Crippen LogP contribution is 2.36. The second-order valence-electron chi connectivity index (χ2n) is 7.82. The minimum atomic E-state index is -3.95. The van der Waals surface area contributed by atoms with Gasteiger partial charge in [0, 0.05) is 18.1 Å². The van der Waals surface area contributed by atoms with Gasteiger partial charge < -0.3 is 14.4 Å². The normalized spacial score (nSPS) is 21.1. The number of anilines is 1. The molecule has 0 bridgehead atoms. The van der Waals surface area contributed by atoms with E-state index in [4.69, 9.17) is 32.7 Å². The van der Waals surface area contributed by atoms with Crippen molar-refractivity contribution in [2.24, 2.45) is 5.92 Å². The lowest BCUT2D eigenvalue weighted by Gasteiger charge is -2.38. The number of ether oxygens (including phenoxy) is 2. The maximum atomic E-state index is 13.6. The highest BCUT2D eigenvalue weighted by molar-refractivity contribution is 7.89. The van der Waals surface area contributed by atoms with E-state index in [1.54, 1.807) is 24.3 Å². The maximum absolute atomic E-state index is 13.6. The number of sulfonamides is 1. The third-order valence-corrected chi connectivity index (χ3v) is 8.33. The van der Waals surface area contributed by atoms with Crippen LogP contribution < -0.4 is 9.64 Å². The monoisotopic (exact) mass is 512 g/mol. The number of esters is 1. The number of carbonyl (C=O) groups is 2. The molecule has 2 aliphatic rings. The van der Waals surface area contributed by atoms with Crippen molar-refractivity contribution >= 4 is 50.8 Å². The fraction of sp³-hybridized carbons (Fsp3) is 0.364. The van der Waals surface area contributed by atoms with Crippen molar-refractivity contribution in [2.45, 2.75) is 23.8 Å². The van der Waals surface area contributed by atoms with Gasteiger partial charge in [0.2, 0.25) is 22.0 Å². The first kappa shape index (κ1) is 23.8. The van der Waals surface area contributed by atoms with Gasteiger partial charge >= 0.3 is 5.97 Å². The maximum Gasteiger partial charge on any atom is 0.348 e. The average Bonchev–Trinajstić information content (AvgIpc) is 2.83. The predicted molar refractivity (Wildman–Crippen MR) is 123 cm³/mol. The molecule has 0 N–H and O–H groups in total. The standard InChI is InChI=1S/C22H22Cl2N2O6S/c1-31-22(28)19-13-26(17-6-2-3-7-18(17)32-19)21(27)14-5-4-10-25(12-14)33(29,30)20-11-15(23)8-9-16(20)24/h2-3,6-9,11,14,19H,4-5,10,12-13H2,1H3/t14-,19+/m0/s1. The van der Waals surface area contributed by atoms with Gasteiger partial charge in [0.15, 0.2) is 0 Å². The minimum absolute atomic E-state index is 0.00752. The van der Waals surface area contributed by atoms with Gasteiger partial charge in [-0.3, -0.25) is 4.79 Å². The summed E-state index contributed by atoms with van der Waals surface area (Å²) in [7, 11) is -2.70. The Labute approximate surface area is 202 Å². The molecule has 0 aliphatic carbocycles. The van der Waals surface area contributed by atoms with Crippen LogP contribution in [0.1, 0.15) is 12.8 Å². The van der Waals surface area contributed by atoms with Gasteiger partial charge in [0.25, 0.3) is 0 Å². The molecule has 0 aromatic heterocycles. The van der Waals surface area contributed by atoms with Crippen molar-refractivity contribution in [1.29, 1.82) is 0 Å². The molecule has 8 nitrogen and oxygen atoms in total. The number of hydrogen-bond acceptors (Lipinski definition) is 6. The number of benzene rings is 2. The van der Waals surface area contributed by atoms with E-state index in [1.165, 1.54) is 34.5 Å². The number of carbonyl (C=O) groups excluding carboxylic acids is 2. The van der Waals surface area contributed by atoms with E-state index in [1.807, 2.05) is 0 Å². The zero-order valence-electron chi connectivity index (χ0n) is 17.7. The SMILES string of the molecule is COC(=O)[C@H]1CN(C(=O)[C@H]2CCCN(S(=O)(=O)c3cc(Cl)ccc3Cl)C2)c2ccccc2O1. The molecule has 2 aliphatic heterocycles. The lowest BCUT2D eigenvalue weighted by atomic mass is 9.97. The van der Waals surface area contributed by atoms with Crippen molar-refractivity contribution < 1.29 is 27.5 Å². The molecule has 0 radical (unpaired) electrons. The minimum Gasteiger partial charge on any atom is -0.475 e. The number of methoxy groups -OCH3 is 1. The summed E-state index contributed by atoms with van der Waals surface area (Å²) in [5, 5.41) is 0.317. The van der Waals surface area contributed by atoms with E-state index in [0.29, 0.717) is 24.3 Å². The molecular weight excluding hydrogens is 491 g/mol. The number of piperidine rings is 1. The van der Waals surface area contributed by atoms with Gasteiger partial charge in [-0.2, -0.15) is 4.31 Å². The molecule has 1 saturated heterocycles. The van der Waals surface area contributed by atoms with Gasteiger partial charge in [-0.25, -0.2) is 13.2 Å². The third kappa shape index (κ3) is 4.68. The molecule has 1 fully saturated rings. The Kier molecular flexibility index (Phi) is 6.86. The summed E-state index contributed by atoms with van der Waals surface area (Å²) in [6.45, 7) is 0.234. The Morgan fingerprint density at radius 3 is 2.64 bits per heavy atom. The van der Waals surface area contributed by atoms with Crippen LogP contribution in [0.3, 0.4) is 0 Å². The lowest BCUT2D eigenvalue weighted by molar-refractivity contribution is -0.148. The van der Waals surface area contributed by atoms with E-state index in [-0.39, 0.29) is 40.5 Å². The van der Waals surface area contributed by atoms with E-state index < -0.39 is 28.0 Å². The van der Waals surface area contributed by atoms with E-state index in [2.05, 4.69) is 0 Å². The second kappa shape index (κ2) is 9.50. The van der Waals surface area contributed by atoms with Crippen LogP contribution in [0.2, 0.25) is 10.0 Å². The Bertz CT molecular complexity index is 1190. The zero-order valence-corrected chi connectivity index (χ0v) is 20.1. The summed E-state index contributed by atoms with van der Waals surface area (Å²) in [5.74, 6) is -1.09. The van der Waals surface area contributed by atoms with Gasteiger partial charge in [-0.1, -0.05) is 35.3 Å². The summed E-state index contributed by atoms with van der Waals surface area (Å²) in [5.41, 5.74) is 0.528. The zero-order chi connectivity index (χ0) is 23.8. The van der Waals surface area contributed by atoms with E-state index in [0.717, 1.165) is 0 Å². The van der Waals surface area contributed by atoms with Crippen LogP contribution in [0.25, 0.3) is 0 Å². The quantitative estimate of drug-likeness (QED) is 0.583. The van der Waals surface area contributed by atoms with Gasteiger partial charge in [-0.05, 0) is 43.2 Å². The summed E-state index contributed by atoms with van der Waals surface area (Å²) < 4.78 is 38.3. The number of rotatable bonds is 4. The molecule has 11 heteroatoms. The lowest BCUT2D eigenvalue weighted by Crippen LogP contribution is -2.52. The number of nitrogens with zero attached hydrogens (tertiary/aromatic N) is 2. The number of hydrogen-bond donors (Lipinski definition) is 0. The van der Waals surface area contributed by atoms with E-state index in [9.17, 15) is 18.0 Å². The molecule has 2 heterocycles. The number of amides is 1. The molecule has 0 spiro atoms. The summed E-state index contributed by atoms with van der Waals surface area (Å²) >= 11 is 12.1. The molecule has 2 aromatic carbocycles. The summed E-state index contributed by atoms with van der Waals surface area (Å²) in [4.78, 5) is 27.1. The molecule has 4 rings (SSSR count). The molecule has 0 unspecified atom stereocenters. The van der Waals surface area contributed by atoms with Crippen LogP contribution in [0.5, 0.6) is 5.75 Å². The van der Waals surface area contributed by atoms with Crippen molar-refractivity contribution in [3.63, 3.8) is 0 Å². The average molecular weight is 513 g/mol. The fourth-order valence-corrected chi connectivity index (χ4v) is 6.35. The first-order valence-electron chi connectivity index (χ1n) is 10.3. The van der Waals surface area contributed by atoms with Crippen LogP contribution in [0, 0.1) is 5.92 Å². The van der Waals surface area contributed by atoms with Gasteiger partial charge in [0.05, 0.1) is 30.3 Å². The molecule has 176 valence electrons. The van der Waals surface area contributed by atoms with Crippen molar-refractivity contribution in [3.05, 3.63) is 52.5 Å². The first-order valence-corrected chi connectivity index (χ1v) is 12.5. The summed E-state index contributed by atoms with van der Waals surface area (Å²) in [6, 6.07) is 11.2. The Hall–Kier alpha value is -2.33. The third-order valence-electron chi connectivity index (χ3n) is 5.75. The van der Waals surface area contributed by atoms with Gasteiger partial charge in [0.1, 0.15) is 10.6 Å². The molecular formula is C22H22Cl2N2O6S. The molecule has 33 heavy (non-hydrogen) atoms. The molecule has 2 atom stereocenters. The Morgan fingerprint density at radius 1 is 1.12 bits per heavy atom. The van der Waals surface area contributed by atoms with Crippen LogP contribution >= 0.6 is 23.2 Å². The number of fused-ring (bicyclic) bond motifs is 1. The Balaban J connectivity index is 1.60. The van der Waals surface area contributed by atoms with Crippen molar-refractivity contribution in [2.75, 3.05) is 31.6 Å². The topological polar surface area (TPSA) is 93.2 Å².